The van der Waals surface area contributed by atoms with Crippen LogP contribution in [0.5, 0.6) is 11.6 Å². The van der Waals surface area contributed by atoms with Gasteiger partial charge in [0.1, 0.15) is 5.69 Å². The summed E-state index contributed by atoms with van der Waals surface area (Å²) in [5, 5.41) is 0. The van der Waals surface area contributed by atoms with Gasteiger partial charge in [-0.1, -0.05) is 0 Å². The molecule has 1 aromatic rings. The Balaban J connectivity index is 2.25. The van der Waals surface area contributed by atoms with Gasteiger partial charge in [-0.05, 0) is 25.0 Å². The van der Waals surface area contributed by atoms with E-state index in [4.69, 9.17) is 15.2 Å². The topological polar surface area (TPSA) is 74.4 Å². The van der Waals surface area contributed by atoms with Crippen molar-refractivity contribution in [3.05, 3.63) is 17.8 Å². The second kappa shape index (κ2) is 3.76. The molecule has 1 fully saturated rings. The van der Waals surface area contributed by atoms with Gasteiger partial charge in [0.25, 0.3) is 11.8 Å². The maximum Gasteiger partial charge on any atom is 0.267 e. The monoisotopic (exact) mass is 208 g/mol. The highest BCUT2D eigenvalue weighted by atomic mass is 16.5. The molecule has 5 heteroatoms. The second-order valence-electron chi connectivity index (χ2n) is 3.39. The number of aromatic nitrogens is 1. The van der Waals surface area contributed by atoms with Crippen LogP contribution in [-0.4, -0.2) is 24.1 Å². The second-order valence-corrected chi connectivity index (χ2v) is 3.39. The van der Waals surface area contributed by atoms with Crippen LogP contribution >= 0.6 is 0 Å². The summed E-state index contributed by atoms with van der Waals surface area (Å²) in [6.45, 7) is 0. The number of amides is 1. The molecule has 0 bridgehead atoms. The number of ether oxygens (including phenoxy) is 2. The Morgan fingerprint density at radius 3 is 2.80 bits per heavy atom. The molecule has 2 rings (SSSR count). The third-order valence-electron chi connectivity index (χ3n) is 2.09. The molecule has 1 aliphatic carbocycles. The van der Waals surface area contributed by atoms with E-state index in [-0.39, 0.29) is 11.8 Å². The Morgan fingerprint density at radius 1 is 1.53 bits per heavy atom. The number of nitrogens with zero attached hydrogens (tertiary/aromatic N) is 1. The lowest BCUT2D eigenvalue weighted by atomic mass is 10.3. The van der Waals surface area contributed by atoms with Crippen molar-refractivity contribution in [2.45, 2.75) is 18.9 Å². The highest BCUT2D eigenvalue weighted by Gasteiger charge is 2.25. The van der Waals surface area contributed by atoms with E-state index in [0.29, 0.717) is 11.6 Å². The van der Waals surface area contributed by atoms with Gasteiger partial charge in [0, 0.05) is 0 Å². The van der Waals surface area contributed by atoms with Crippen LogP contribution in [0.1, 0.15) is 23.3 Å². The molecule has 1 saturated carbocycles. The van der Waals surface area contributed by atoms with Gasteiger partial charge in [0.15, 0.2) is 5.75 Å². The molecular weight excluding hydrogens is 196 g/mol. The molecule has 0 atom stereocenters. The number of primary amides is 1. The molecule has 5 nitrogen and oxygen atoms in total. The third kappa shape index (κ3) is 2.18. The molecule has 0 saturated heterocycles. The summed E-state index contributed by atoms with van der Waals surface area (Å²) in [6, 6.07) is 3.19. The molecule has 2 N–H and O–H groups in total. The summed E-state index contributed by atoms with van der Waals surface area (Å²) in [4.78, 5) is 14.8. The Hall–Kier alpha value is -1.78. The van der Waals surface area contributed by atoms with Crippen molar-refractivity contribution in [1.29, 1.82) is 0 Å². The quantitative estimate of drug-likeness (QED) is 0.791. The zero-order chi connectivity index (χ0) is 10.8. The van der Waals surface area contributed by atoms with Crippen LogP contribution in [0, 0.1) is 0 Å². The number of methoxy groups -OCH3 is 1. The first-order valence-electron chi connectivity index (χ1n) is 4.72. The SMILES string of the molecule is COc1nc(C(N)=O)ccc1OC1CC1. The van der Waals surface area contributed by atoms with Crippen molar-refractivity contribution < 1.29 is 14.3 Å². The van der Waals surface area contributed by atoms with Crippen LogP contribution in [0.15, 0.2) is 12.1 Å². The van der Waals surface area contributed by atoms with E-state index in [0.717, 1.165) is 12.8 Å². The molecular formula is C10H12N2O3. The van der Waals surface area contributed by atoms with Crippen molar-refractivity contribution in [3.8, 4) is 11.6 Å². The molecule has 0 aromatic carbocycles. The minimum Gasteiger partial charge on any atom is -0.485 e. The summed E-state index contributed by atoms with van der Waals surface area (Å²) < 4.78 is 10.6. The average molecular weight is 208 g/mol. The zero-order valence-electron chi connectivity index (χ0n) is 8.40. The number of hydrogen-bond acceptors (Lipinski definition) is 4. The normalized spacial score (nSPS) is 14.7. The van der Waals surface area contributed by atoms with Crippen LogP contribution < -0.4 is 15.2 Å². The highest BCUT2D eigenvalue weighted by molar-refractivity contribution is 5.91. The molecule has 1 heterocycles. The number of carbonyl (C=O) groups is 1. The zero-order valence-corrected chi connectivity index (χ0v) is 8.40. The lowest BCUT2D eigenvalue weighted by Gasteiger charge is -2.09. The molecule has 1 aliphatic rings. The van der Waals surface area contributed by atoms with E-state index in [9.17, 15) is 4.79 Å². The fraction of sp³-hybridized carbons (Fsp3) is 0.400. The van der Waals surface area contributed by atoms with E-state index in [1.807, 2.05) is 0 Å². The first kappa shape index (κ1) is 9.76. The Morgan fingerprint density at radius 2 is 2.27 bits per heavy atom. The van der Waals surface area contributed by atoms with Crippen molar-refractivity contribution in [3.63, 3.8) is 0 Å². The third-order valence-corrected chi connectivity index (χ3v) is 2.09. The van der Waals surface area contributed by atoms with Gasteiger partial charge in [-0.3, -0.25) is 4.79 Å². The van der Waals surface area contributed by atoms with Gasteiger partial charge in [0.2, 0.25) is 0 Å². The van der Waals surface area contributed by atoms with Crippen molar-refractivity contribution in [2.24, 2.45) is 5.73 Å². The minimum atomic E-state index is -0.578. The largest absolute Gasteiger partial charge is 0.485 e. The van der Waals surface area contributed by atoms with Gasteiger partial charge in [-0.2, -0.15) is 0 Å². The van der Waals surface area contributed by atoms with Gasteiger partial charge in [-0.15, -0.1) is 0 Å². The number of rotatable bonds is 4. The van der Waals surface area contributed by atoms with Crippen LogP contribution in [0.2, 0.25) is 0 Å². The van der Waals surface area contributed by atoms with Gasteiger partial charge in [-0.25, -0.2) is 4.98 Å². The summed E-state index contributed by atoms with van der Waals surface area (Å²) in [5.41, 5.74) is 5.28. The Kier molecular flexibility index (Phi) is 2.45. The lowest BCUT2D eigenvalue weighted by Crippen LogP contribution is -2.13. The molecule has 1 aromatic heterocycles. The fourth-order valence-electron chi connectivity index (χ4n) is 1.17. The molecule has 80 valence electrons. The van der Waals surface area contributed by atoms with Crippen LogP contribution in [0.4, 0.5) is 0 Å². The summed E-state index contributed by atoms with van der Waals surface area (Å²) in [6.07, 6.45) is 2.38. The van der Waals surface area contributed by atoms with Gasteiger partial charge >= 0.3 is 0 Å². The molecule has 0 radical (unpaired) electrons. The van der Waals surface area contributed by atoms with Gasteiger partial charge < -0.3 is 15.2 Å². The minimum absolute atomic E-state index is 0.176. The molecule has 0 spiro atoms. The standard InChI is InChI=1S/C10H12N2O3/c1-14-10-8(15-6-2-3-6)5-4-7(12-10)9(11)13/h4-6H,2-3H2,1H3,(H2,11,13). The number of nitrogens with two attached hydrogens (primary N) is 1. The maximum absolute atomic E-state index is 10.9. The Labute approximate surface area is 87.2 Å². The molecule has 0 aliphatic heterocycles. The lowest BCUT2D eigenvalue weighted by molar-refractivity contribution is 0.0994. The smallest absolute Gasteiger partial charge is 0.267 e. The van der Waals surface area contributed by atoms with E-state index in [1.165, 1.54) is 13.2 Å². The van der Waals surface area contributed by atoms with Crippen molar-refractivity contribution in [2.75, 3.05) is 7.11 Å². The van der Waals surface area contributed by atoms with Crippen LogP contribution in [-0.2, 0) is 0 Å². The van der Waals surface area contributed by atoms with Crippen molar-refractivity contribution >= 4 is 5.91 Å². The maximum atomic E-state index is 10.9. The first-order chi connectivity index (χ1) is 7.20. The number of hydrogen-bond donors (Lipinski definition) is 1. The summed E-state index contributed by atoms with van der Waals surface area (Å²) in [5.74, 6) is 0.287. The molecule has 15 heavy (non-hydrogen) atoms. The van der Waals surface area contributed by atoms with E-state index >= 15 is 0 Å². The van der Waals surface area contributed by atoms with Crippen LogP contribution in [0.3, 0.4) is 0 Å². The van der Waals surface area contributed by atoms with Crippen molar-refractivity contribution in [1.82, 2.24) is 4.98 Å². The number of carbonyl (C=O) groups excluding carboxylic acids is 1. The predicted molar refractivity (Wildman–Crippen MR) is 53.0 cm³/mol. The Bertz CT molecular complexity index is 388. The van der Waals surface area contributed by atoms with E-state index in [2.05, 4.69) is 4.98 Å². The summed E-state index contributed by atoms with van der Waals surface area (Å²) >= 11 is 0. The highest BCUT2D eigenvalue weighted by Crippen LogP contribution is 2.32. The van der Waals surface area contributed by atoms with E-state index < -0.39 is 5.91 Å². The molecule has 1 amide bonds. The molecule has 0 unspecified atom stereocenters. The first-order valence-corrected chi connectivity index (χ1v) is 4.72. The van der Waals surface area contributed by atoms with Gasteiger partial charge in [0.05, 0.1) is 13.2 Å². The summed E-state index contributed by atoms with van der Waals surface area (Å²) in [7, 11) is 1.48. The predicted octanol–water partition coefficient (Wildman–Crippen LogP) is 0.730. The van der Waals surface area contributed by atoms with E-state index in [1.54, 1.807) is 6.07 Å². The van der Waals surface area contributed by atoms with Crippen LogP contribution in [0.25, 0.3) is 0 Å². The fourth-order valence-corrected chi connectivity index (χ4v) is 1.17. The average Bonchev–Trinajstić information content (AvgIpc) is 3.02. The number of pyridine rings is 1.